The Morgan fingerprint density at radius 1 is 1.13 bits per heavy atom. The fourth-order valence-corrected chi connectivity index (χ4v) is 3.00. The Labute approximate surface area is 180 Å². The number of carbonyl (C=O) groups excluding carboxylic acids is 1. The number of nitro groups is 1. The Morgan fingerprint density at radius 2 is 1.90 bits per heavy atom. The standard InChI is InChI=1S/C20H14Cl2N4O4/c21-16-6-2-1-4-14(16)12-25-9-3-5-15(20(25)28)19(27)24-23-11-13-7-8-17(22)18(10-13)26(29)30/h1-11H,12H2,(H,24,27)/b23-11-. The molecule has 0 fully saturated rings. The van der Waals surface area contributed by atoms with Gasteiger partial charge in [0.1, 0.15) is 10.6 Å². The molecule has 0 saturated heterocycles. The van der Waals surface area contributed by atoms with E-state index < -0.39 is 16.4 Å². The van der Waals surface area contributed by atoms with E-state index >= 15 is 0 Å². The fourth-order valence-electron chi connectivity index (χ4n) is 2.62. The van der Waals surface area contributed by atoms with E-state index in [1.165, 1.54) is 35.0 Å². The first-order chi connectivity index (χ1) is 14.4. The largest absolute Gasteiger partial charge is 0.310 e. The second kappa shape index (κ2) is 9.34. The lowest BCUT2D eigenvalue weighted by Gasteiger charge is -2.09. The summed E-state index contributed by atoms with van der Waals surface area (Å²) in [6, 6.07) is 14.1. The average Bonchev–Trinajstić information content (AvgIpc) is 2.72. The van der Waals surface area contributed by atoms with Gasteiger partial charge in [-0.15, -0.1) is 0 Å². The number of nitro benzene ring substituents is 1. The van der Waals surface area contributed by atoms with Gasteiger partial charge in [-0.3, -0.25) is 19.7 Å². The summed E-state index contributed by atoms with van der Waals surface area (Å²) in [5.41, 5.74) is 2.44. The lowest BCUT2D eigenvalue weighted by atomic mass is 10.2. The molecule has 0 radical (unpaired) electrons. The fraction of sp³-hybridized carbons (Fsp3) is 0.0500. The van der Waals surface area contributed by atoms with Crippen molar-refractivity contribution in [3.8, 4) is 0 Å². The minimum absolute atomic E-state index is 0.00968. The van der Waals surface area contributed by atoms with E-state index in [0.29, 0.717) is 10.6 Å². The van der Waals surface area contributed by atoms with E-state index in [4.69, 9.17) is 23.2 Å². The van der Waals surface area contributed by atoms with Crippen molar-refractivity contribution in [2.45, 2.75) is 6.54 Å². The van der Waals surface area contributed by atoms with Crippen molar-refractivity contribution >= 4 is 41.0 Å². The van der Waals surface area contributed by atoms with Gasteiger partial charge in [-0.2, -0.15) is 5.10 Å². The number of hydrazone groups is 1. The number of rotatable bonds is 6. The smallest absolute Gasteiger partial charge is 0.288 e. The molecular formula is C20H14Cl2N4O4. The summed E-state index contributed by atoms with van der Waals surface area (Å²) in [5, 5.41) is 15.2. The normalized spacial score (nSPS) is 10.9. The first-order valence-electron chi connectivity index (χ1n) is 8.57. The van der Waals surface area contributed by atoms with E-state index in [9.17, 15) is 19.7 Å². The van der Waals surface area contributed by atoms with Crippen LogP contribution >= 0.6 is 23.2 Å². The van der Waals surface area contributed by atoms with Gasteiger partial charge in [0, 0.05) is 22.8 Å². The number of amides is 1. The second-order valence-electron chi connectivity index (χ2n) is 6.11. The molecule has 0 bridgehead atoms. The molecule has 1 aromatic heterocycles. The number of hydrogen-bond donors (Lipinski definition) is 1. The lowest BCUT2D eigenvalue weighted by molar-refractivity contribution is -0.384. The van der Waals surface area contributed by atoms with Crippen LogP contribution in [-0.4, -0.2) is 21.6 Å². The number of carbonyl (C=O) groups is 1. The molecule has 0 atom stereocenters. The monoisotopic (exact) mass is 444 g/mol. The van der Waals surface area contributed by atoms with Crippen molar-refractivity contribution in [2.24, 2.45) is 5.10 Å². The van der Waals surface area contributed by atoms with Gasteiger partial charge in [-0.25, -0.2) is 5.43 Å². The van der Waals surface area contributed by atoms with Gasteiger partial charge in [0.2, 0.25) is 0 Å². The summed E-state index contributed by atoms with van der Waals surface area (Å²) in [4.78, 5) is 35.3. The maximum atomic E-state index is 12.6. The van der Waals surface area contributed by atoms with Gasteiger partial charge < -0.3 is 4.57 Å². The number of hydrogen-bond acceptors (Lipinski definition) is 5. The van der Waals surface area contributed by atoms with Crippen LogP contribution in [0, 0.1) is 10.1 Å². The van der Waals surface area contributed by atoms with Crippen molar-refractivity contribution in [3.63, 3.8) is 0 Å². The Balaban J connectivity index is 1.76. The van der Waals surface area contributed by atoms with Crippen molar-refractivity contribution in [3.05, 3.63) is 108 Å². The van der Waals surface area contributed by atoms with Crippen molar-refractivity contribution in [1.29, 1.82) is 0 Å². The highest BCUT2D eigenvalue weighted by Gasteiger charge is 2.13. The van der Waals surface area contributed by atoms with Crippen LogP contribution in [0.1, 0.15) is 21.5 Å². The number of pyridine rings is 1. The molecule has 1 N–H and O–H groups in total. The Hall–Kier alpha value is -3.49. The molecular weight excluding hydrogens is 431 g/mol. The molecule has 0 spiro atoms. The van der Waals surface area contributed by atoms with Gasteiger partial charge >= 0.3 is 0 Å². The number of nitrogens with zero attached hydrogens (tertiary/aromatic N) is 3. The number of nitrogens with one attached hydrogen (secondary N) is 1. The van der Waals surface area contributed by atoms with Crippen molar-refractivity contribution in [2.75, 3.05) is 0 Å². The number of benzene rings is 2. The highest BCUT2D eigenvalue weighted by Crippen LogP contribution is 2.24. The van der Waals surface area contributed by atoms with Gasteiger partial charge in [0.05, 0.1) is 17.7 Å². The van der Waals surface area contributed by atoms with Crippen LogP contribution in [-0.2, 0) is 6.54 Å². The van der Waals surface area contributed by atoms with E-state index in [2.05, 4.69) is 10.5 Å². The first kappa shape index (κ1) is 21.2. The van der Waals surface area contributed by atoms with Crippen LogP contribution < -0.4 is 11.0 Å². The molecule has 0 saturated carbocycles. The molecule has 0 unspecified atom stereocenters. The number of halogens is 2. The Bertz CT molecular complexity index is 1210. The van der Waals surface area contributed by atoms with Crippen LogP contribution in [0.15, 0.2) is 70.7 Å². The minimum Gasteiger partial charge on any atom is -0.310 e. The predicted molar refractivity (Wildman–Crippen MR) is 114 cm³/mol. The molecule has 10 heteroatoms. The zero-order chi connectivity index (χ0) is 21.7. The van der Waals surface area contributed by atoms with Crippen LogP contribution in [0.3, 0.4) is 0 Å². The minimum atomic E-state index is -0.715. The Kier molecular flexibility index (Phi) is 6.61. The lowest BCUT2D eigenvalue weighted by Crippen LogP contribution is -2.31. The third kappa shape index (κ3) is 4.91. The van der Waals surface area contributed by atoms with Crippen LogP contribution in [0.5, 0.6) is 0 Å². The molecule has 3 aromatic rings. The number of aromatic nitrogens is 1. The van der Waals surface area contributed by atoms with E-state index in [1.54, 1.807) is 36.5 Å². The highest BCUT2D eigenvalue weighted by molar-refractivity contribution is 6.32. The maximum absolute atomic E-state index is 12.6. The van der Waals surface area contributed by atoms with Gasteiger partial charge in [0.25, 0.3) is 17.2 Å². The molecule has 0 aliphatic rings. The first-order valence-corrected chi connectivity index (χ1v) is 9.32. The zero-order valence-electron chi connectivity index (χ0n) is 15.3. The summed E-state index contributed by atoms with van der Waals surface area (Å²) >= 11 is 11.9. The van der Waals surface area contributed by atoms with Gasteiger partial charge in [-0.1, -0.05) is 47.5 Å². The van der Waals surface area contributed by atoms with E-state index in [0.717, 1.165) is 5.56 Å². The predicted octanol–water partition coefficient (Wildman–Crippen LogP) is 3.88. The maximum Gasteiger partial charge on any atom is 0.288 e. The summed E-state index contributed by atoms with van der Waals surface area (Å²) in [7, 11) is 0. The van der Waals surface area contributed by atoms with Crippen molar-refractivity contribution < 1.29 is 9.72 Å². The Morgan fingerprint density at radius 3 is 2.63 bits per heavy atom. The molecule has 2 aromatic carbocycles. The second-order valence-corrected chi connectivity index (χ2v) is 6.93. The average molecular weight is 445 g/mol. The SMILES string of the molecule is O=C(N/N=C\c1ccc(Cl)c([N+](=O)[O-])c1)c1cccn(Cc2ccccc2Cl)c1=O. The summed E-state index contributed by atoms with van der Waals surface area (Å²) in [6.45, 7) is 0.206. The van der Waals surface area contributed by atoms with Crippen LogP contribution in [0.4, 0.5) is 5.69 Å². The van der Waals surface area contributed by atoms with Gasteiger partial charge in [0.15, 0.2) is 0 Å². The molecule has 3 rings (SSSR count). The third-order valence-corrected chi connectivity index (χ3v) is 4.80. The van der Waals surface area contributed by atoms with Crippen LogP contribution in [0.2, 0.25) is 10.0 Å². The molecule has 0 aliphatic heterocycles. The summed E-state index contributed by atoms with van der Waals surface area (Å²) in [6.07, 6.45) is 2.77. The molecule has 1 heterocycles. The van der Waals surface area contributed by atoms with E-state index in [-0.39, 0.29) is 22.8 Å². The van der Waals surface area contributed by atoms with Gasteiger partial charge in [-0.05, 0) is 29.8 Å². The van der Waals surface area contributed by atoms with E-state index in [1.807, 2.05) is 0 Å². The van der Waals surface area contributed by atoms with Crippen LogP contribution in [0.25, 0.3) is 0 Å². The zero-order valence-corrected chi connectivity index (χ0v) is 16.8. The quantitative estimate of drug-likeness (QED) is 0.353. The highest BCUT2D eigenvalue weighted by atomic mass is 35.5. The topological polar surface area (TPSA) is 107 Å². The van der Waals surface area contributed by atoms with Crippen molar-refractivity contribution in [1.82, 2.24) is 9.99 Å². The molecule has 0 aliphatic carbocycles. The summed E-state index contributed by atoms with van der Waals surface area (Å²) in [5.74, 6) is -0.715. The molecule has 30 heavy (non-hydrogen) atoms. The third-order valence-electron chi connectivity index (χ3n) is 4.11. The molecule has 1 amide bonds. The molecule has 152 valence electrons. The molecule has 8 nitrogen and oxygen atoms in total. The summed E-state index contributed by atoms with van der Waals surface area (Å²) < 4.78 is 1.36.